The van der Waals surface area contributed by atoms with Crippen LogP contribution in [0.3, 0.4) is 0 Å². The third-order valence-corrected chi connectivity index (χ3v) is 7.14. The molecule has 1 fully saturated rings. The van der Waals surface area contributed by atoms with E-state index >= 15 is 0 Å². The Labute approximate surface area is 195 Å². The molecular weight excluding hydrogens is 436 g/mol. The molecule has 4 heterocycles. The summed E-state index contributed by atoms with van der Waals surface area (Å²) in [5.74, 6) is 1.65. The molecule has 0 unspecified atom stereocenters. The summed E-state index contributed by atoms with van der Waals surface area (Å²) in [5.41, 5.74) is 2.07. The summed E-state index contributed by atoms with van der Waals surface area (Å²) in [5, 5.41) is 8.46. The first-order chi connectivity index (χ1) is 16.2. The van der Waals surface area contributed by atoms with Gasteiger partial charge in [-0.05, 0) is 35.2 Å². The molecule has 6 rings (SSSR count). The molecule has 2 aromatic heterocycles. The lowest BCUT2D eigenvalue weighted by Crippen LogP contribution is -2.47. The molecule has 8 heteroatoms. The van der Waals surface area contributed by atoms with Crippen LogP contribution in [-0.2, 0) is 13.2 Å². The average Bonchev–Trinajstić information content (AvgIpc) is 3.54. The van der Waals surface area contributed by atoms with Gasteiger partial charge in [0, 0.05) is 38.1 Å². The Bertz CT molecular complexity index is 1340. The number of ether oxygens (including phenoxy) is 2. The number of fused-ring (bicyclic) bond motifs is 2. The SMILES string of the molecule is O=c1c2ccccc2c(-c2cccs2)nn1CN1CCN(Cc2ccc3c(c2)OCO3)CC1. The molecule has 0 atom stereocenters. The molecule has 33 heavy (non-hydrogen) atoms. The summed E-state index contributed by atoms with van der Waals surface area (Å²) in [4.78, 5) is 19.0. The first kappa shape index (κ1) is 20.4. The summed E-state index contributed by atoms with van der Waals surface area (Å²) in [6, 6.07) is 18.0. The molecule has 0 bridgehead atoms. The highest BCUT2D eigenvalue weighted by Gasteiger charge is 2.21. The number of thiophene rings is 1. The molecule has 2 aliphatic rings. The summed E-state index contributed by atoms with van der Waals surface area (Å²) in [6.45, 7) is 5.33. The van der Waals surface area contributed by atoms with E-state index in [-0.39, 0.29) is 5.56 Å². The molecule has 0 spiro atoms. The molecule has 168 valence electrons. The van der Waals surface area contributed by atoms with Crippen molar-refractivity contribution >= 4 is 22.1 Å². The zero-order chi connectivity index (χ0) is 22.2. The molecule has 4 aromatic rings. The van der Waals surface area contributed by atoms with Gasteiger partial charge in [0.05, 0.1) is 16.9 Å². The third kappa shape index (κ3) is 4.01. The van der Waals surface area contributed by atoms with Crippen molar-refractivity contribution in [3.63, 3.8) is 0 Å². The fraction of sp³-hybridized carbons (Fsp3) is 0.280. The van der Waals surface area contributed by atoms with E-state index in [2.05, 4.69) is 28.0 Å². The Morgan fingerprint density at radius 3 is 2.48 bits per heavy atom. The van der Waals surface area contributed by atoms with Crippen LogP contribution in [0.5, 0.6) is 11.5 Å². The van der Waals surface area contributed by atoms with Gasteiger partial charge in [-0.3, -0.25) is 14.6 Å². The normalized spacial score (nSPS) is 16.5. The maximum atomic E-state index is 13.2. The Balaban J connectivity index is 1.17. The topological polar surface area (TPSA) is 59.8 Å². The highest BCUT2D eigenvalue weighted by atomic mass is 32.1. The van der Waals surface area contributed by atoms with E-state index in [1.807, 2.05) is 41.8 Å². The summed E-state index contributed by atoms with van der Waals surface area (Å²) in [6.07, 6.45) is 0. The number of hydrogen-bond acceptors (Lipinski definition) is 7. The summed E-state index contributed by atoms with van der Waals surface area (Å²) < 4.78 is 12.5. The van der Waals surface area contributed by atoms with Crippen molar-refractivity contribution in [2.24, 2.45) is 0 Å². The molecule has 2 aromatic carbocycles. The van der Waals surface area contributed by atoms with Crippen molar-refractivity contribution in [1.29, 1.82) is 0 Å². The molecule has 0 aliphatic carbocycles. The fourth-order valence-corrected chi connectivity index (χ4v) is 5.23. The zero-order valence-corrected chi connectivity index (χ0v) is 19.0. The van der Waals surface area contributed by atoms with Crippen LogP contribution in [0.4, 0.5) is 0 Å². The van der Waals surface area contributed by atoms with Crippen LogP contribution < -0.4 is 15.0 Å². The lowest BCUT2D eigenvalue weighted by atomic mass is 10.1. The molecule has 0 amide bonds. The van der Waals surface area contributed by atoms with E-state index in [1.54, 1.807) is 16.0 Å². The monoisotopic (exact) mass is 460 g/mol. The second-order valence-corrected chi connectivity index (χ2v) is 9.35. The molecule has 0 N–H and O–H groups in total. The average molecular weight is 461 g/mol. The van der Waals surface area contributed by atoms with E-state index < -0.39 is 0 Å². The van der Waals surface area contributed by atoms with E-state index in [0.717, 1.165) is 65.6 Å². The van der Waals surface area contributed by atoms with Gasteiger partial charge >= 0.3 is 0 Å². The van der Waals surface area contributed by atoms with Crippen molar-refractivity contribution < 1.29 is 9.47 Å². The minimum atomic E-state index is -0.0336. The number of hydrogen-bond donors (Lipinski definition) is 0. The van der Waals surface area contributed by atoms with Gasteiger partial charge in [-0.25, -0.2) is 4.68 Å². The largest absolute Gasteiger partial charge is 0.454 e. The fourth-order valence-electron chi connectivity index (χ4n) is 4.50. The van der Waals surface area contributed by atoms with Crippen molar-refractivity contribution in [2.45, 2.75) is 13.2 Å². The minimum absolute atomic E-state index is 0.0336. The Morgan fingerprint density at radius 2 is 1.67 bits per heavy atom. The number of piperazine rings is 1. The molecule has 2 aliphatic heterocycles. The lowest BCUT2D eigenvalue weighted by Gasteiger charge is -2.34. The van der Waals surface area contributed by atoms with Crippen molar-refractivity contribution in [1.82, 2.24) is 19.6 Å². The van der Waals surface area contributed by atoms with Crippen molar-refractivity contribution in [3.05, 3.63) is 75.9 Å². The first-order valence-electron chi connectivity index (χ1n) is 11.1. The van der Waals surface area contributed by atoms with E-state index in [0.29, 0.717) is 13.5 Å². The standard InChI is InChI=1S/C25H24N4O3S/c30-25-20-5-2-1-4-19(20)24(23-6-3-13-33-23)26-29(25)16-28-11-9-27(10-12-28)15-18-7-8-21-22(14-18)32-17-31-21/h1-8,13-14H,9-12,15-17H2. The molecule has 0 saturated carbocycles. The van der Waals surface area contributed by atoms with Crippen LogP contribution in [-0.4, -0.2) is 52.6 Å². The van der Waals surface area contributed by atoms with Gasteiger partial charge in [-0.2, -0.15) is 5.10 Å². The van der Waals surface area contributed by atoms with Gasteiger partial charge in [0.1, 0.15) is 5.69 Å². The lowest BCUT2D eigenvalue weighted by molar-refractivity contribution is 0.0973. The quantitative estimate of drug-likeness (QED) is 0.453. The second kappa shape index (κ2) is 8.62. The van der Waals surface area contributed by atoms with Crippen LogP contribution in [0, 0.1) is 0 Å². The third-order valence-electron chi connectivity index (χ3n) is 6.26. The maximum absolute atomic E-state index is 13.2. The van der Waals surface area contributed by atoms with Gasteiger partial charge in [0.15, 0.2) is 11.5 Å². The minimum Gasteiger partial charge on any atom is -0.454 e. The zero-order valence-electron chi connectivity index (χ0n) is 18.1. The molecule has 7 nitrogen and oxygen atoms in total. The van der Waals surface area contributed by atoms with Crippen molar-refractivity contribution in [3.8, 4) is 22.1 Å². The van der Waals surface area contributed by atoms with E-state index in [9.17, 15) is 4.79 Å². The molecular formula is C25H24N4O3S. The van der Waals surface area contributed by atoms with Gasteiger partial charge in [-0.1, -0.05) is 30.3 Å². The first-order valence-corrected chi connectivity index (χ1v) is 12.0. The molecule has 0 radical (unpaired) electrons. The van der Waals surface area contributed by atoms with Crippen LogP contribution >= 0.6 is 11.3 Å². The Hall–Kier alpha value is -3.20. The second-order valence-electron chi connectivity index (χ2n) is 8.40. The summed E-state index contributed by atoms with van der Waals surface area (Å²) in [7, 11) is 0. The summed E-state index contributed by atoms with van der Waals surface area (Å²) >= 11 is 1.65. The van der Waals surface area contributed by atoms with Gasteiger partial charge < -0.3 is 9.47 Å². The van der Waals surface area contributed by atoms with E-state index in [1.165, 1.54) is 5.56 Å². The predicted octanol–water partition coefficient (Wildman–Crippen LogP) is 3.63. The van der Waals surface area contributed by atoms with Crippen LogP contribution in [0.25, 0.3) is 21.3 Å². The number of aromatic nitrogens is 2. The predicted molar refractivity (Wildman–Crippen MR) is 129 cm³/mol. The van der Waals surface area contributed by atoms with E-state index in [4.69, 9.17) is 14.6 Å². The van der Waals surface area contributed by atoms with Gasteiger partial charge in [0.2, 0.25) is 6.79 Å². The number of benzene rings is 2. The number of rotatable bonds is 5. The maximum Gasteiger partial charge on any atom is 0.275 e. The molecule has 1 saturated heterocycles. The smallest absolute Gasteiger partial charge is 0.275 e. The Morgan fingerprint density at radius 1 is 0.879 bits per heavy atom. The highest BCUT2D eigenvalue weighted by molar-refractivity contribution is 7.13. The Kier molecular flexibility index (Phi) is 5.33. The van der Waals surface area contributed by atoms with Crippen molar-refractivity contribution in [2.75, 3.05) is 33.0 Å². The highest BCUT2D eigenvalue weighted by Crippen LogP contribution is 2.33. The van der Waals surface area contributed by atoms with Crippen LogP contribution in [0.1, 0.15) is 5.56 Å². The number of nitrogens with zero attached hydrogens (tertiary/aromatic N) is 4. The van der Waals surface area contributed by atoms with Crippen LogP contribution in [0.2, 0.25) is 0 Å². The van der Waals surface area contributed by atoms with Gasteiger partial charge in [0.25, 0.3) is 5.56 Å². The van der Waals surface area contributed by atoms with Gasteiger partial charge in [-0.15, -0.1) is 11.3 Å². The van der Waals surface area contributed by atoms with Crippen LogP contribution in [0.15, 0.2) is 64.8 Å².